The minimum atomic E-state index is 0.317. The maximum absolute atomic E-state index is 9.24. The van der Waals surface area contributed by atoms with Crippen molar-refractivity contribution in [2.75, 3.05) is 26.2 Å². The molecule has 2 rings (SSSR count). The van der Waals surface area contributed by atoms with Gasteiger partial charge in [-0.05, 0) is 37.3 Å². The maximum Gasteiger partial charge on any atom is 0.0434 e. The number of benzene rings is 1. The molecule has 1 heterocycles. The molecule has 0 radical (unpaired) electrons. The molecule has 1 saturated heterocycles. The second-order valence-electron chi connectivity index (χ2n) is 6.29. The van der Waals surface area contributed by atoms with Crippen LogP contribution in [0.15, 0.2) is 30.3 Å². The Morgan fingerprint density at radius 3 is 2.76 bits per heavy atom. The van der Waals surface area contributed by atoms with Crippen molar-refractivity contribution in [1.82, 2.24) is 10.2 Å². The molecule has 3 nitrogen and oxygen atoms in total. The van der Waals surface area contributed by atoms with Crippen LogP contribution in [0.5, 0.6) is 0 Å². The van der Waals surface area contributed by atoms with Crippen LogP contribution in [0.25, 0.3) is 0 Å². The molecular formula is C18H30N2O. The highest BCUT2D eigenvalue weighted by Gasteiger charge is 2.26. The van der Waals surface area contributed by atoms with Gasteiger partial charge in [0.05, 0.1) is 0 Å². The standard InChI is InChI=1S/C18H30N2O/c1-2-3-10-20-14-17(9-11-21)12-18(15-20)19-13-16-7-5-4-6-8-16/h4-8,17-19,21H,2-3,9-15H2,1H3. The van der Waals surface area contributed by atoms with Crippen molar-refractivity contribution in [2.45, 2.75) is 45.2 Å². The van der Waals surface area contributed by atoms with Gasteiger partial charge in [0.1, 0.15) is 0 Å². The number of aliphatic hydroxyl groups excluding tert-OH is 1. The lowest BCUT2D eigenvalue weighted by atomic mass is 9.91. The van der Waals surface area contributed by atoms with Crippen molar-refractivity contribution in [2.24, 2.45) is 5.92 Å². The summed E-state index contributed by atoms with van der Waals surface area (Å²) in [5, 5.41) is 12.9. The number of rotatable bonds is 8. The average molecular weight is 290 g/mol. The van der Waals surface area contributed by atoms with E-state index in [-0.39, 0.29) is 0 Å². The van der Waals surface area contributed by atoms with Crippen LogP contribution >= 0.6 is 0 Å². The van der Waals surface area contributed by atoms with Crippen LogP contribution < -0.4 is 5.32 Å². The number of aliphatic hydroxyl groups is 1. The molecule has 21 heavy (non-hydrogen) atoms. The highest BCUT2D eigenvalue weighted by atomic mass is 16.3. The highest BCUT2D eigenvalue weighted by molar-refractivity contribution is 5.14. The first-order valence-corrected chi connectivity index (χ1v) is 8.42. The summed E-state index contributed by atoms with van der Waals surface area (Å²) in [6, 6.07) is 11.2. The molecular weight excluding hydrogens is 260 g/mol. The Hall–Kier alpha value is -0.900. The number of nitrogens with zero attached hydrogens (tertiary/aromatic N) is 1. The molecule has 0 aromatic heterocycles. The molecule has 2 unspecified atom stereocenters. The van der Waals surface area contributed by atoms with Crippen molar-refractivity contribution in [1.29, 1.82) is 0 Å². The minimum absolute atomic E-state index is 0.317. The summed E-state index contributed by atoms with van der Waals surface area (Å²) >= 11 is 0. The molecule has 0 saturated carbocycles. The molecule has 1 aromatic rings. The molecule has 1 aliphatic heterocycles. The topological polar surface area (TPSA) is 35.5 Å². The van der Waals surface area contributed by atoms with Gasteiger partial charge in [0.25, 0.3) is 0 Å². The molecule has 0 aliphatic carbocycles. The molecule has 0 amide bonds. The number of hydrogen-bond acceptors (Lipinski definition) is 3. The van der Waals surface area contributed by atoms with Crippen molar-refractivity contribution >= 4 is 0 Å². The fourth-order valence-electron chi connectivity index (χ4n) is 3.26. The zero-order valence-electron chi connectivity index (χ0n) is 13.3. The molecule has 0 spiro atoms. The van der Waals surface area contributed by atoms with E-state index in [1.807, 2.05) is 0 Å². The second-order valence-corrected chi connectivity index (χ2v) is 6.29. The van der Waals surface area contributed by atoms with Gasteiger partial charge in [-0.3, -0.25) is 0 Å². The first-order valence-electron chi connectivity index (χ1n) is 8.42. The Morgan fingerprint density at radius 2 is 2.05 bits per heavy atom. The molecule has 1 aliphatic rings. The zero-order chi connectivity index (χ0) is 14.9. The van der Waals surface area contributed by atoms with Gasteiger partial charge in [0.2, 0.25) is 0 Å². The van der Waals surface area contributed by atoms with Crippen molar-refractivity contribution in [3.05, 3.63) is 35.9 Å². The normalized spacial score (nSPS) is 23.3. The fraction of sp³-hybridized carbons (Fsp3) is 0.667. The second kappa shape index (κ2) is 9.19. The van der Waals surface area contributed by atoms with Gasteiger partial charge in [0, 0.05) is 32.3 Å². The predicted molar refractivity (Wildman–Crippen MR) is 88.2 cm³/mol. The highest BCUT2D eigenvalue weighted by Crippen LogP contribution is 2.20. The summed E-state index contributed by atoms with van der Waals surface area (Å²) in [5.41, 5.74) is 1.35. The first-order chi connectivity index (χ1) is 10.3. The van der Waals surface area contributed by atoms with Crippen LogP contribution in [-0.2, 0) is 6.54 Å². The summed E-state index contributed by atoms with van der Waals surface area (Å²) in [4.78, 5) is 2.58. The van der Waals surface area contributed by atoms with E-state index in [2.05, 4.69) is 47.5 Å². The minimum Gasteiger partial charge on any atom is -0.396 e. The van der Waals surface area contributed by atoms with Crippen LogP contribution in [0, 0.1) is 5.92 Å². The Bertz CT molecular complexity index is 382. The number of nitrogens with one attached hydrogen (secondary N) is 1. The van der Waals surface area contributed by atoms with Gasteiger partial charge in [-0.15, -0.1) is 0 Å². The van der Waals surface area contributed by atoms with E-state index in [9.17, 15) is 5.11 Å². The summed E-state index contributed by atoms with van der Waals surface area (Å²) in [6.45, 7) is 7.01. The summed E-state index contributed by atoms with van der Waals surface area (Å²) < 4.78 is 0. The molecule has 1 aromatic carbocycles. The van der Waals surface area contributed by atoms with E-state index in [1.54, 1.807) is 0 Å². The zero-order valence-corrected chi connectivity index (χ0v) is 13.3. The van der Waals surface area contributed by atoms with Gasteiger partial charge in [-0.25, -0.2) is 0 Å². The molecule has 0 bridgehead atoms. The molecule has 2 atom stereocenters. The Kier molecular flexibility index (Phi) is 7.20. The Balaban J connectivity index is 1.84. The molecule has 2 N–H and O–H groups in total. The SMILES string of the molecule is CCCCN1CC(CCO)CC(NCc2ccccc2)C1. The molecule has 118 valence electrons. The third kappa shape index (κ3) is 5.77. The predicted octanol–water partition coefficient (Wildman–Crippen LogP) is 2.65. The van der Waals surface area contributed by atoms with Crippen LogP contribution in [-0.4, -0.2) is 42.3 Å². The maximum atomic E-state index is 9.24. The van der Waals surface area contributed by atoms with Crippen LogP contribution in [0.3, 0.4) is 0 Å². The van der Waals surface area contributed by atoms with E-state index in [0.29, 0.717) is 18.6 Å². The lowest BCUT2D eigenvalue weighted by molar-refractivity contribution is 0.119. The number of unbranched alkanes of at least 4 members (excludes halogenated alkanes) is 1. The van der Waals surface area contributed by atoms with Crippen LogP contribution in [0.2, 0.25) is 0 Å². The number of hydrogen-bond donors (Lipinski definition) is 2. The Morgan fingerprint density at radius 1 is 1.24 bits per heavy atom. The lowest BCUT2D eigenvalue weighted by Gasteiger charge is -2.38. The van der Waals surface area contributed by atoms with Crippen LogP contribution in [0.1, 0.15) is 38.2 Å². The monoisotopic (exact) mass is 290 g/mol. The van der Waals surface area contributed by atoms with E-state index in [1.165, 1.54) is 31.4 Å². The largest absolute Gasteiger partial charge is 0.396 e. The quantitative estimate of drug-likeness (QED) is 0.772. The van der Waals surface area contributed by atoms with Crippen molar-refractivity contribution in [3.8, 4) is 0 Å². The first kappa shape index (κ1) is 16.5. The van der Waals surface area contributed by atoms with Gasteiger partial charge >= 0.3 is 0 Å². The Labute approximate surface area is 129 Å². The number of likely N-dealkylation sites (tertiary alicyclic amines) is 1. The molecule has 3 heteroatoms. The van der Waals surface area contributed by atoms with Crippen molar-refractivity contribution in [3.63, 3.8) is 0 Å². The van der Waals surface area contributed by atoms with Gasteiger partial charge in [0.15, 0.2) is 0 Å². The average Bonchev–Trinajstić information content (AvgIpc) is 2.52. The molecule has 1 fully saturated rings. The van der Waals surface area contributed by atoms with E-state index < -0.39 is 0 Å². The third-order valence-electron chi connectivity index (χ3n) is 4.42. The lowest BCUT2D eigenvalue weighted by Crippen LogP contribution is -2.49. The van der Waals surface area contributed by atoms with Gasteiger partial charge < -0.3 is 15.3 Å². The van der Waals surface area contributed by atoms with Gasteiger partial charge in [-0.1, -0.05) is 43.7 Å². The summed E-state index contributed by atoms with van der Waals surface area (Å²) in [6.07, 6.45) is 4.66. The smallest absolute Gasteiger partial charge is 0.0434 e. The number of piperidine rings is 1. The van der Waals surface area contributed by atoms with E-state index in [4.69, 9.17) is 0 Å². The summed E-state index contributed by atoms with van der Waals surface area (Å²) in [7, 11) is 0. The van der Waals surface area contributed by atoms with E-state index >= 15 is 0 Å². The third-order valence-corrected chi connectivity index (χ3v) is 4.42. The van der Waals surface area contributed by atoms with Crippen molar-refractivity contribution < 1.29 is 5.11 Å². The van der Waals surface area contributed by atoms with Gasteiger partial charge in [-0.2, -0.15) is 0 Å². The fourth-order valence-corrected chi connectivity index (χ4v) is 3.26. The van der Waals surface area contributed by atoms with E-state index in [0.717, 1.165) is 26.1 Å². The van der Waals surface area contributed by atoms with Crippen LogP contribution in [0.4, 0.5) is 0 Å². The summed E-state index contributed by atoms with van der Waals surface area (Å²) in [5.74, 6) is 0.633.